The highest BCUT2D eigenvalue weighted by molar-refractivity contribution is 5.92. The van der Waals surface area contributed by atoms with Gasteiger partial charge in [0, 0.05) is 37.2 Å². The van der Waals surface area contributed by atoms with Gasteiger partial charge in [0.2, 0.25) is 5.91 Å². The van der Waals surface area contributed by atoms with Crippen molar-refractivity contribution >= 4 is 17.6 Å². The molecule has 0 saturated carbocycles. The number of urea groups is 1. The molecule has 0 spiro atoms. The number of fused-ring (bicyclic) bond motifs is 1. The molecule has 0 aliphatic carbocycles. The Morgan fingerprint density at radius 2 is 1.81 bits per heavy atom. The molecule has 4 rings (SSSR count). The van der Waals surface area contributed by atoms with E-state index < -0.39 is 17.8 Å². The van der Waals surface area contributed by atoms with E-state index in [1.807, 2.05) is 56.4 Å². The maximum absolute atomic E-state index is 13.6. The second-order valence-electron chi connectivity index (χ2n) is 8.96. The lowest BCUT2D eigenvalue weighted by molar-refractivity contribution is -0.137. The number of carbonyl (C=O) groups excluding carboxylic acids is 2. The van der Waals surface area contributed by atoms with E-state index in [0.717, 1.165) is 29.0 Å². The number of nitrogens with zero attached hydrogens (tertiary/aromatic N) is 3. The highest BCUT2D eigenvalue weighted by Gasteiger charge is 2.34. The zero-order valence-electron chi connectivity index (χ0n) is 20.3. The third-order valence-electron chi connectivity index (χ3n) is 6.30. The summed E-state index contributed by atoms with van der Waals surface area (Å²) in [6.45, 7) is 5.10. The number of aromatic nitrogens is 1. The topological polar surface area (TPSA) is 57.6 Å². The molecule has 1 aromatic heterocycles. The van der Waals surface area contributed by atoms with Crippen molar-refractivity contribution in [3.8, 4) is 0 Å². The number of halogens is 3. The van der Waals surface area contributed by atoms with Gasteiger partial charge in [-0.05, 0) is 49.2 Å². The number of amides is 3. The molecule has 1 atom stereocenters. The van der Waals surface area contributed by atoms with Crippen molar-refractivity contribution in [2.24, 2.45) is 0 Å². The summed E-state index contributed by atoms with van der Waals surface area (Å²) in [7, 11) is 0. The monoisotopic (exact) mass is 498 g/mol. The first-order valence-electron chi connectivity index (χ1n) is 11.9. The summed E-state index contributed by atoms with van der Waals surface area (Å²) < 4.78 is 41.3. The number of nitrogens with one attached hydrogen (secondary N) is 1. The molecule has 1 aliphatic heterocycles. The normalized spacial score (nSPS) is 15.4. The van der Waals surface area contributed by atoms with Crippen LogP contribution in [0, 0.1) is 6.92 Å². The van der Waals surface area contributed by atoms with Crippen LogP contribution >= 0.6 is 0 Å². The molecule has 1 unspecified atom stereocenters. The van der Waals surface area contributed by atoms with Crippen molar-refractivity contribution in [1.29, 1.82) is 0 Å². The maximum atomic E-state index is 13.6. The van der Waals surface area contributed by atoms with E-state index in [1.54, 1.807) is 4.90 Å². The summed E-state index contributed by atoms with van der Waals surface area (Å²) in [6.07, 6.45) is -1.94. The molecule has 9 heteroatoms. The van der Waals surface area contributed by atoms with Gasteiger partial charge >= 0.3 is 12.2 Å². The SMILES string of the molecule is CCCN(CC(=O)N1CCn2cccc2C1c1ccc(C)cc1)C(=O)Nc1cccc(C(F)(F)F)c1. The first-order chi connectivity index (χ1) is 17.2. The van der Waals surface area contributed by atoms with Gasteiger partial charge in [0.15, 0.2) is 0 Å². The number of rotatable bonds is 6. The van der Waals surface area contributed by atoms with E-state index in [4.69, 9.17) is 0 Å². The number of anilines is 1. The third-order valence-corrected chi connectivity index (χ3v) is 6.30. The number of hydrogen-bond acceptors (Lipinski definition) is 2. The molecule has 36 heavy (non-hydrogen) atoms. The summed E-state index contributed by atoms with van der Waals surface area (Å²) in [5.41, 5.74) is 2.26. The van der Waals surface area contributed by atoms with Crippen molar-refractivity contribution in [3.63, 3.8) is 0 Å². The van der Waals surface area contributed by atoms with Crippen LogP contribution in [0.25, 0.3) is 0 Å². The number of alkyl halides is 3. The minimum atomic E-state index is -4.52. The molecule has 0 radical (unpaired) electrons. The Morgan fingerprint density at radius 1 is 1.06 bits per heavy atom. The van der Waals surface area contributed by atoms with Gasteiger partial charge in [0.05, 0.1) is 11.6 Å². The quantitative estimate of drug-likeness (QED) is 0.475. The fourth-order valence-electron chi connectivity index (χ4n) is 4.50. The molecule has 3 amide bonds. The number of hydrogen-bond donors (Lipinski definition) is 1. The molecule has 1 N–H and O–H groups in total. The smallest absolute Gasteiger partial charge is 0.348 e. The molecular weight excluding hydrogens is 469 g/mol. The minimum absolute atomic E-state index is 0.0247. The predicted octanol–water partition coefficient (Wildman–Crippen LogP) is 5.69. The van der Waals surface area contributed by atoms with Crippen LogP contribution in [0.5, 0.6) is 0 Å². The second kappa shape index (κ2) is 10.5. The van der Waals surface area contributed by atoms with Gasteiger partial charge < -0.3 is 19.7 Å². The average molecular weight is 499 g/mol. The maximum Gasteiger partial charge on any atom is 0.416 e. The van der Waals surface area contributed by atoms with Gasteiger partial charge in [0.1, 0.15) is 6.54 Å². The lowest BCUT2D eigenvalue weighted by Crippen LogP contribution is -2.48. The fraction of sp³-hybridized carbons (Fsp3) is 0.333. The summed E-state index contributed by atoms with van der Waals surface area (Å²) in [4.78, 5) is 29.7. The minimum Gasteiger partial charge on any atom is -0.348 e. The van der Waals surface area contributed by atoms with Crippen molar-refractivity contribution in [3.05, 3.63) is 89.2 Å². The van der Waals surface area contributed by atoms with Gasteiger partial charge in [-0.3, -0.25) is 4.79 Å². The van der Waals surface area contributed by atoms with Gasteiger partial charge in [-0.1, -0.05) is 42.8 Å². The Balaban J connectivity index is 1.54. The first-order valence-corrected chi connectivity index (χ1v) is 11.9. The zero-order valence-corrected chi connectivity index (χ0v) is 20.3. The highest BCUT2D eigenvalue weighted by atomic mass is 19.4. The van der Waals surface area contributed by atoms with E-state index in [1.165, 1.54) is 17.0 Å². The van der Waals surface area contributed by atoms with Crippen LogP contribution in [0.4, 0.5) is 23.7 Å². The second-order valence-corrected chi connectivity index (χ2v) is 8.96. The molecule has 0 saturated heterocycles. The molecule has 6 nitrogen and oxygen atoms in total. The van der Waals surface area contributed by atoms with Crippen LogP contribution in [0.3, 0.4) is 0 Å². The Hall–Kier alpha value is -3.75. The number of benzene rings is 2. The third kappa shape index (κ3) is 5.56. The summed E-state index contributed by atoms with van der Waals surface area (Å²) in [5, 5.41) is 2.52. The van der Waals surface area contributed by atoms with Crippen LogP contribution in [0.1, 0.15) is 41.8 Å². The first kappa shape index (κ1) is 25.3. The van der Waals surface area contributed by atoms with Gasteiger partial charge in [0.25, 0.3) is 0 Å². The Bertz CT molecular complexity index is 1220. The van der Waals surface area contributed by atoms with Crippen molar-refractivity contribution in [2.75, 3.05) is 25.0 Å². The molecule has 3 aromatic rings. The molecule has 0 fully saturated rings. The molecule has 2 aromatic carbocycles. The fourth-order valence-corrected chi connectivity index (χ4v) is 4.50. The Labute approximate surface area is 208 Å². The van der Waals surface area contributed by atoms with Crippen LogP contribution in [-0.2, 0) is 17.5 Å². The van der Waals surface area contributed by atoms with Crippen LogP contribution in [-0.4, -0.2) is 45.9 Å². The van der Waals surface area contributed by atoms with E-state index in [-0.39, 0.29) is 30.7 Å². The Kier molecular flexibility index (Phi) is 7.37. The van der Waals surface area contributed by atoms with Crippen LogP contribution in [0.15, 0.2) is 66.9 Å². The highest BCUT2D eigenvalue weighted by Crippen LogP contribution is 2.33. The van der Waals surface area contributed by atoms with Gasteiger partial charge in [-0.25, -0.2) is 4.79 Å². The molecule has 2 heterocycles. The lowest BCUT2D eigenvalue weighted by atomic mass is 9.98. The van der Waals surface area contributed by atoms with Crippen molar-refractivity contribution in [1.82, 2.24) is 14.4 Å². The van der Waals surface area contributed by atoms with E-state index in [9.17, 15) is 22.8 Å². The van der Waals surface area contributed by atoms with E-state index in [2.05, 4.69) is 9.88 Å². The largest absolute Gasteiger partial charge is 0.416 e. The standard InChI is InChI=1S/C27H29F3N4O2/c1-3-13-33(26(36)31-22-7-4-6-21(17-22)27(28,29)30)18-24(35)34-16-15-32-14-5-8-23(32)25(34)20-11-9-19(2)10-12-20/h4-12,14,17,25H,3,13,15-16,18H2,1-2H3,(H,31,36). The molecule has 0 bridgehead atoms. The van der Waals surface area contributed by atoms with Crippen LogP contribution < -0.4 is 5.32 Å². The van der Waals surface area contributed by atoms with E-state index >= 15 is 0 Å². The molecule has 1 aliphatic rings. The van der Waals surface area contributed by atoms with Gasteiger partial charge in [-0.2, -0.15) is 13.2 Å². The number of aryl methyl sites for hydroxylation is 1. The number of carbonyl (C=O) groups is 2. The zero-order chi connectivity index (χ0) is 25.9. The van der Waals surface area contributed by atoms with E-state index in [0.29, 0.717) is 19.5 Å². The predicted molar refractivity (Wildman–Crippen MR) is 131 cm³/mol. The summed E-state index contributed by atoms with van der Waals surface area (Å²) in [6, 6.07) is 15.5. The van der Waals surface area contributed by atoms with Crippen molar-refractivity contribution < 1.29 is 22.8 Å². The van der Waals surface area contributed by atoms with Crippen LogP contribution in [0.2, 0.25) is 0 Å². The molecule has 190 valence electrons. The Morgan fingerprint density at radius 3 is 2.50 bits per heavy atom. The average Bonchev–Trinajstić information content (AvgIpc) is 3.32. The van der Waals surface area contributed by atoms with Gasteiger partial charge in [-0.15, -0.1) is 0 Å². The van der Waals surface area contributed by atoms with Crippen molar-refractivity contribution in [2.45, 2.75) is 39.0 Å². The molecular formula is C27H29F3N4O2. The summed E-state index contributed by atoms with van der Waals surface area (Å²) in [5.74, 6) is -0.222. The lowest BCUT2D eigenvalue weighted by Gasteiger charge is -2.38. The summed E-state index contributed by atoms with van der Waals surface area (Å²) >= 11 is 0.